The Hall–Kier alpha value is -1.06. The Morgan fingerprint density at radius 1 is 1.35 bits per heavy atom. The van der Waals surface area contributed by atoms with E-state index in [0.29, 0.717) is 23.5 Å². The fraction of sp³-hybridized carbons (Fsp3) is 0.562. The molecule has 0 aliphatic heterocycles. The van der Waals surface area contributed by atoms with Gasteiger partial charge in [0.05, 0.1) is 6.54 Å². The highest BCUT2D eigenvalue weighted by Crippen LogP contribution is 2.24. The summed E-state index contributed by atoms with van der Waals surface area (Å²) in [5, 5.41) is 6.98. The van der Waals surface area contributed by atoms with Crippen molar-refractivity contribution in [2.45, 2.75) is 45.6 Å². The molecular formula is C16H23ClN2O. The number of rotatable bonds is 4. The van der Waals surface area contributed by atoms with Gasteiger partial charge in [-0.05, 0) is 43.4 Å². The third-order valence-corrected chi connectivity index (χ3v) is 4.59. The summed E-state index contributed by atoms with van der Waals surface area (Å²) in [6.45, 7) is 4.53. The number of hydrogen-bond donors (Lipinski definition) is 2. The maximum Gasteiger partial charge on any atom is 0.238 e. The van der Waals surface area contributed by atoms with Crippen molar-refractivity contribution in [3.8, 4) is 0 Å². The Kier molecular flexibility index (Phi) is 5.44. The van der Waals surface area contributed by atoms with E-state index in [9.17, 15) is 4.79 Å². The number of halogens is 1. The van der Waals surface area contributed by atoms with Crippen LogP contribution in [0, 0.1) is 12.8 Å². The summed E-state index contributed by atoms with van der Waals surface area (Å²) in [5.74, 6) is 0.651. The molecule has 1 saturated carbocycles. The lowest BCUT2D eigenvalue weighted by atomic mass is 9.86. The molecule has 1 aromatic carbocycles. The maximum atomic E-state index is 12.0. The van der Waals surface area contributed by atoms with Gasteiger partial charge in [-0.25, -0.2) is 0 Å². The summed E-state index contributed by atoms with van der Waals surface area (Å²) < 4.78 is 0. The van der Waals surface area contributed by atoms with E-state index in [4.69, 9.17) is 11.6 Å². The van der Waals surface area contributed by atoms with Crippen molar-refractivity contribution in [3.05, 3.63) is 28.8 Å². The van der Waals surface area contributed by atoms with E-state index in [1.54, 1.807) is 0 Å². The smallest absolute Gasteiger partial charge is 0.238 e. The first-order valence-electron chi connectivity index (χ1n) is 7.36. The molecule has 3 nitrogen and oxygen atoms in total. The minimum atomic E-state index is -0.00635. The number of anilines is 1. The van der Waals surface area contributed by atoms with Crippen LogP contribution < -0.4 is 10.6 Å². The number of nitrogens with one attached hydrogen (secondary N) is 2. The van der Waals surface area contributed by atoms with Gasteiger partial charge in [0.15, 0.2) is 0 Å². The molecule has 0 heterocycles. The first-order valence-corrected chi connectivity index (χ1v) is 7.74. The molecule has 0 aromatic heterocycles. The molecule has 1 fully saturated rings. The molecule has 110 valence electrons. The topological polar surface area (TPSA) is 41.1 Å². The summed E-state index contributed by atoms with van der Waals surface area (Å²) in [7, 11) is 0. The van der Waals surface area contributed by atoms with Crippen LogP contribution >= 0.6 is 11.6 Å². The summed E-state index contributed by atoms with van der Waals surface area (Å²) >= 11 is 6.05. The predicted octanol–water partition coefficient (Wildman–Crippen LogP) is 3.76. The number of benzene rings is 1. The van der Waals surface area contributed by atoms with Gasteiger partial charge in [-0.3, -0.25) is 4.79 Å². The molecule has 0 spiro atoms. The molecular weight excluding hydrogens is 272 g/mol. The lowest BCUT2D eigenvalue weighted by Crippen LogP contribution is -2.41. The van der Waals surface area contributed by atoms with Crippen LogP contribution in [0.1, 0.15) is 38.2 Å². The van der Waals surface area contributed by atoms with Crippen LogP contribution in [0.4, 0.5) is 5.69 Å². The van der Waals surface area contributed by atoms with Crippen molar-refractivity contribution < 1.29 is 4.79 Å². The minimum Gasteiger partial charge on any atom is -0.325 e. The summed E-state index contributed by atoms with van der Waals surface area (Å²) in [6, 6.07) is 6.02. The van der Waals surface area contributed by atoms with E-state index in [1.165, 1.54) is 25.7 Å². The fourth-order valence-corrected chi connectivity index (χ4v) is 2.96. The van der Waals surface area contributed by atoms with Crippen LogP contribution in [0.15, 0.2) is 18.2 Å². The van der Waals surface area contributed by atoms with Gasteiger partial charge in [-0.2, -0.15) is 0 Å². The second kappa shape index (κ2) is 7.09. The average Bonchev–Trinajstić information content (AvgIpc) is 2.43. The van der Waals surface area contributed by atoms with Crippen LogP contribution in [0.5, 0.6) is 0 Å². The molecule has 2 N–H and O–H groups in total. The third-order valence-electron chi connectivity index (χ3n) is 4.18. The zero-order valence-electron chi connectivity index (χ0n) is 12.2. The molecule has 0 saturated heterocycles. The minimum absolute atomic E-state index is 0.00635. The summed E-state index contributed by atoms with van der Waals surface area (Å²) in [6.07, 6.45) is 5.00. The molecule has 1 aliphatic carbocycles. The quantitative estimate of drug-likeness (QED) is 0.888. The van der Waals surface area contributed by atoms with Crippen molar-refractivity contribution in [3.63, 3.8) is 0 Å². The molecule has 0 bridgehead atoms. The Morgan fingerprint density at radius 3 is 2.85 bits per heavy atom. The molecule has 2 atom stereocenters. The summed E-state index contributed by atoms with van der Waals surface area (Å²) in [4.78, 5) is 12.0. The van der Waals surface area contributed by atoms with Gasteiger partial charge >= 0.3 is 0 Å². The molecule has 1 aliphatic rings. The number of carbonyl (C=O) groups is 1. The van der Waals surface area contributed by atoms with Gasteiger partial charge < -0.3 is 10.6 Å². The van der Waals surface area contributed by atoms with Crippen molar-refractivity contribution in [2.24, 2.45) is 5.92 Å². The maximum absolute atomic E-state index is 12.0. The van der Waals surface area contributed by atoms with Gasteiger partial charge in [0.25, 0.3) is 0 Å². The molecule has 1 amide bonds. The highest BCUT2D eigenvalue weighted by Gasteiger charge is 2.21. The van der Waals surface area contributed by atoms with E-state index in [1.807, 2.05) is 25.1 Å². The first kappa shape index (κ1) is 15.3. The van der Waals surface area contributed by atoms with Gasteiger partial charge in [0, 0.05) is 16.8 Å². The standard InChI is InChI=1S/C16H23ClN2O/c1-11-6-3-4-8-14(11)18-10-16(20)19-15-9-5-7-13(17)12(15)2/h5,7,9,11,14,18H,3-4,6,8,10H2,1-2H3,(H,19,20)/t11-,14-/m0/s1. The predicted molar refractivity (Wildman–Crippen MR) is 84.2 cm³/mol. The monoisotopic (exact) mass is 294 g/mol. The highest BCUT2D eigenvalue weighted by molar-refractivity contribution is 6.31. The molecule has 2 rings (SSSR count). The molecule has 0 radical (unpaired) electrons. The zero-order valence-corrected chi connectivity index (χ0v) is 13.0. The van der Waals surface area contributed by atoms with Crippen LogP contribution in [0.25, 0.3) is 0 Å². The Bertz CT molecular complexity index is 476. The Labute approximate surface area is 126 Å². The molecule has 0 unspecified atom stereocenters. The first-order chi connectivity index (χ1) is 9.58. The molecule has 20 heavy (non-hydrogen) atoms. The number of hydrogen-bond acceptors (Lipinski definition) is 2. The van der Waals surface area contributed by atoms with E-state index in [2.05, 4.69) is 17.6 Å². The second-order valence-corrected chi connectivity index (χ2v) is 6.12. The van der Waals surface area contributed by atoms with Crippen molar-refractivity contribution in [1.82, 2.24) is 5.32 Å². The van der Waals surface area contributed by atoms with Crippen molar-refractivity contribution in [2.75, 3.05) is 11.9 Å². The van der Waals surface area contributed by atoms with Crippen LogP contribution in [0.2, 0.25) is 5.02 Å². The highest BCUT2D eigenvalue weighted by atomic mass is 35.5. The normalized spacial score (nSPS) is 22.6. The number of amides is 1. The van der Waals surface area contributed by atoms with Crippen LogP contribution in [0.3, 0.4) is 0 Å². The lowest BCUT2D eigenvalue weighted by Gasteiger charge is -2.29. The summed E-state index contributed by atoms with van der Waals surface area (Å²) in [5.41, 5.74) is 1.70. The van der Waals surface area contributed by atoms with Crippen molar-refractivity contribution in [1.29, 1.82) is 0 Å². The number of carbonyl (C=O) groups excluding carboxylic acids is 1. The zero-order chi connectivity index (χ0) is 14.5. The van der Waals surface area contributed by atoms with Crippen LogP contribution in [-0.2, 0) is 4.79 Å². The van der Waals surface area contributed by atoms with Gasteiger partial charge in [0.1, 0.15) is 0 Å². The Morgan fingerprint density at radius 2 is 2.10 bits per heavy atom. The van der Waals surface area contributed by atoms with Crippen LogP contribution in [-0.4, -0.2) is 18.5 Å². The molecule has 4 heteroatoms. The third kappa shape index (κ3) is 3.97. The lowest BCUT2D eigenvalue weighted by molar-refractivity contribution is -0.115. The molecule has 1 aromatic rings. The second-order valence-electron chi connectivity index (χ2n) is 5.71. The van der Waals surface area contributed by atoms with Gasteiger partial charge in [0.2, 0.25) is 5.91 Å². The largest absolute Gasteiger partial charge is 0.325 e. The fourth-order valence-electron chi connectivity index (χ4n) is 2.78. The van der Waals surface area contributed by atoms with Crippen molar-refractivity contribution >= 4 is 23.2 Å². The van der Waals surface area contributed by atoms with E-state index >= 15 is 0 Å². The van der Waals surface area contributed by atoms with Gasteiger partial charge in [-0.1, -0.05) is 37.4 Å². The van der Waals surface area contributed by atoms with Gasteiger partial charge in [-0.15, -0.1) is 0 Å². The van der Waals surface area contributed by atoms with E-state index in [0.717, 1.165) is 11.3 Å². The Balaban J connectivity index is 1.85. The van der Waals surface area contributed by atoms with E-state index < -0.39 is 0 Å². The van der Waals surface area contributed by atoms with E-state index in [-0.39, 0.29) is 5.91 Å². The SMILES string of the molecule is Cc1c(Cl)cccc1NC(=O)CN[C@H]1CCCC[C@@H]1C. The average molecular weight is 295 g/mol.